The number of rotatable bonds is 6. The summed E-state index contributed by atoms with van der Waals surface area (Å²) in [5, 5.41) is 11.5. The van der Waals surface area contributed by atoms with Crippen molar-refractivity contribution >= 4 is 17.6 Å². The van der Waals surface area contributed by atoms with Crippen LogP contribution in [0.5, 0.6) is 0 Å². The van der Waals surface area contributed by atoms with E-state index in [9.17, 15) is 9.59 Å². The number of aromatic nitrogens is 1. The molecule has 6 heteroatoms. The molecule has 0 bridgehead atoms. The summed E-state index contributed by atoms with van der Waals surface area (Å²) in [6.45, 7) is 3.59. The summed E-state index contributed by atoms with van der Waals surface area (Å²) in [6, 6.07) is 3.51. The standard InChI is InChI=1S/C14H21N3O3/c1-14(2,7-5-12(18)19)16-13(20)11-9-10(17(3)4)6-8-15-11/h6,8-9H,5,7H2,1-4H3,(H,16,20)(H,18,19). The Balaban J connectivity index is 2.75. The van der Waals surface area contributed by atoms with E-state index in [0.29, 0.717) is 12.1 Å². The van der Waals surface area contributed by atoms with Gasteiger partial charge in [0.05, 0.1) is 0 Å². The first-order valence-electron chi connectivity index (χ1n) is 6.39. The molecule has 110 valence electrons. The van der Waals surface area contributed by atoms with Crippen LogP contribution in [0.4, 0.5) is 5.69 Å². The Morgan fingerprint density at radius 2 is 2.05 bits per heavy atom. The van der Waals surface area contributed by atoms with Crippen molar-refractivity contribution in [2.24, 2.45) is 0 Å². The van der Waals surface area contributed by atoms with E-state index < -0.39 is 11.5 Å². The molecule has 0 radical (unpaired) electrons. The number of nitrogens with one attached hydrogen (secondary N) is 1. The minimum atomic E-state index is -0.875. The van der Waals surface area contributed by atoms with Crippen LogP contribution < -0.4 is 10.2 Å². The number of anilines is 1. The highest BCUT2D eigenvalue weighted by molar-refractivity contribution is 5.93. The number of pyridine rings is 1. The van der Waals surface area contributed by atoms with E-state index in [1.54, 1.807) is 26.1 Å². The maximum absolute atomic E-state index is 12.1. The van der Waals surface area contributed by atoms with Crippen LogP contribution in [0.15, 0.2) is 18.3 Å². The number of carboxylic acids is 1. The second-order valence-electron chi connectivity index (χ2n) is 5.53. The van der Waals surface area contributed by atoms with Gasteiger partial charge in [-0.1, -0.05) is 0 Å². The molecule has 1 rings (SSSR count). The highest BCUT2D eigenvalue weighted by atomic mass is 16.4. The number of amides is 1. The summed E-state index contributed by atoms with van der Waals surface area (Å²) in [6.07, 6.45) is 1.95. The Hall–Kier alpha value is -2.11. The average Bonchev–Trinajstić information content (AvgIpc) is 2.36. The fraction of sp³-hybridized carbons (Fsp3) is 0.500. The third-order valence-electron chi connectivity index (χ3n) is 2.91. The summed E-state index contributed by atoms with van der Waals surface area (Å²) in [5.74, 6) is -1.18. The number of carboxylic acid groups (broad SMARTS) is 1. The van der Waals surface area contributed by atoms with Gasteiger partial charge >= 0.3 is 5.97 Å². The number of carbonyl (C=O) groups excluding carboxylic acids is 1. The lowest BCUT2D eigenvalue weighted by Crippen LogP contribution is -2.44. The first-order chi connectivity index (χ1) is 9.21. The minimum Gasteiger partial charge on any atom is -0.481 e. The van der Waals surface area contributed by atoms with Crippen molar-refractivity contribution < 1.29 is 14.7 Å². The molecule has 0 unspecified atom stereocenters. The number of hydrogen-bond donors (Lipinski definition) is 2. The first-order valence-corrected chi connectivity index (χ1v) is 6.39. The summed E-state index contributed by atoms with van der Waals surface area (Å²) in [4.78, 5) is 28.7. The zero-order chi connectivity index (χ0) is 15.3. The Kier molecular flexibility index (Phi) is 5.07. The maximum Gasteiger partial charge on any atom is 0.303 e. The highest BCUT2D eigenvalue weighted by Crippen LogP contribution is 2.14. The van der Waals surface area contributed by atoms with E-state index >= 15 is 0 Å². The number of carbonyl (C=O) groups is 2. The van der Waals surface area contributed by atoms with E-state index in [0.717, 1.165) is 5.69 Å². The molecule has 0 aliphatic heterocycles. The van der Waals surface area contributed by atoms with Gasteiger partial charge in [0.2, 0.25) is 0 Å². The van der Waals surface area contributed by atoms with E-state index in [1.165, 1.54) is 0 Å². The van der Waals surface area contributed by atoms with Crippen molar-refractivity contribution in [1.82, 2.24) is 10.3 Å². The molecule has 0 aromatic carbocycles. The largest absolute Gasteiger partial charge is 0.481 e. The molecule has 1 aromatic heterocycles. The predicted octanol–water partition coefficient (Wildman–Crippen LogP) is 1.52. The zero-order valence-electron chi connectivity index (χ0n) is 12.3. The van der Waals surface area contributed by atoms with E-state index in [4.69, 9.17) is 5.11 Å². The van der Waals surface area contributed by atoms with Crippen molar-refractivity contribution in [3.8, 4) is 0 Å². The van der Waals surface area contributed by atoms with Gasteiger partial charge in [-0.05, 0) is 32.4 Å². The van der Waals surface area contributed by atoms with Crippen LogP contribution >= 0.6 is 0 Å². The van der Waals surface area contributed by atoms with E-state index in [2.05, 4.69) is 10.3 Å². The summed E-state index contributed by atoms with van der Waals surface area (Å²) < 4.78 is 0. The van der Waals surface area contributed by atoms with Gasteiger partial charge < -0.3 is 15.3 Å². The molecule has 6 nitrogen and oxygen atoms in total. The zero-order valence-corrected chi connectivity index (χ0v) is 12.3. The van der Waals surface area contributed by atoms with Crippen LogP contribution in [-0.2, 0) is 4.79 Å². The molecule has 0 aliphatic rings. The van der Waals surface area contributed by atoms with Gasteiger partial charge in [0.1, 0.15) is 5.69 Å². The average molecular weight is 279 g/mol. The SMILES string of the molecule is CN(C)c1ccnc(C(=O)NC(C)(C)CCC(=O)O)c1. The molecule has 0 aliphatic carbocycles. The topological polar surface area (TPSA) is 82.5 Å². The molecule has 0 saturated heterocycles. The number of nitrogens with zero attached hydrogens (tertiary/aromatic N) is 2. The van der Waals surface area contributed by atoms with Gasteiger partial charge in [0.25, 0.3) is 5.91 Å². The third kappa shape index (κ3) is 4.87. The summed E-state index contributed by atoms with van der Waals surface area (Å²) >= 11 is 0. The quantitative estimate of drug-likeness (QED) is 0.825. The lowest BCUT2D eigenvalue weighted by Gasteiger charge is -2.25. The first kappa shape index (κ1) is 15.9. The molecule has 1 amide bonds. The monoisotopic (exact) mass is 279 g/mol. The Bertz CT molecular complexity index is 498. The van der Waals surface area contributed by atoms with Crippen molar-refractivity contribution in [3.05, 3.63) is 24.0 Å². The fourth-order valence-electron chi connectivity index (χ4n) is 1.68. The van der Waals surface area contributed by atoms with Crippen molar-refractivity contribution in [2.45, 2.75) is 32.2 Å². The molecule has 0 spiro atoms. The number of hydrogen-bond acceptors (Lipinski definition) is 4. The molecule has 1 aromatic rings. The Morgan fingerprint density at radius 1 is 1.40 bits per heavy atom. The van der Waals surface area contributed by atoms with Crippen LogP contribution in [0, 0.1) is 0 Å². The molecular formula is C14H21N3O3. The predicted molar refractivity (Wildman–Crippen MR) is 77.0 cm³/mol. The summed E-state index contributed by atoms with van der Waals surface area (Å²) in [5.41, 5.74) is 0.610. The molecule has 0 saturated carbocycles. The van der Waals surface area contributed by atoms with Crippen molar-refractivity contribution in [3.63, 3.8) is 0 Å². The van der Waals surface area contributed by atoms with Crippen molar-refractivity contribution in [2.75, 3.05) is 19.0 Å². The maximum atomic E-state index is 12.1. The van der Waals surface area contributed by atoms with E-state index in [-0.39, 0.29) is 12.3 Å². The molecule has 0 atom stereocenters. The van der Waals surface area contributed by atoms with Gasteiger partial charge in [-0.25, -0.2) is 0 Å². The molecule has 2 N–H and O–H groups in total. The molecule has 20 heavy (non-hydrogen) atoms. The second-order valence-corrected chi connectivity index (χ2v) is 5.53. The minimum absolute atomic E-state index is 0.0123. The lowest BCUT2D eigenvalue weighted by molar-refractivity contribution is -0.137. The van der Waals surface area contributed by atoms with Crippen LogP contribution in [0.1, 0.15) is 37.2 Å². The van der Waals surface area contributed by atoms with E-state index in [1.807, 2.05) is 25.1 Å². The van der Waals surface area contributed by atoms with Crippen LogP contribution in [0.3, 0.4) is 0 Å². The van der Waals surface area contributed by atoms with Gasteiger partial charge in [-0.2, -0.15) is 0 Å². The third-order valence-corrected chi connectivity index (χ3v) is 2.91. The van der Waals surface area contributed by atoms with Crippen LogP contribution in [-0.4, -0.2) is 41.6 Å². The van der Waals surface area contributed by atoms with Gasteiger partial charge in [0.15, 0.2) is 0 Å². The summed E-state index contributed by atoms with van der Waals surface area (Å²) in [7, 11) is 3.77. The Morgan fingerprint density at radius 3 is 2.60 bits per heavy atom. The molecule has 0 fully saturated rings. The van der Waals surface area contributed by atoms with Crippen LogP contribution in [0.25, 0.3) is 0 Å². The normalized spacial score (nSPS) is 11.0. The Labute approximate surface area is 118 Å². The molecule has 1 heterocycles. The van der Waals surface area contributed by atoms with Crippen molar-refractivity contribution in [1.29, 1.82) is 0 Å². The van der Waals surface area contributed by atoms with Gasteiger partial charge in [-0.15, -0.1) is 0 Å². The second kappa shape index (κ2) is 6.36. The van der Waals surface area contributed by atoms with Gasteiger partial charge in [0, 0.05) is 37.9 Å². The fourth-order valence-corrected chi connectivity index (χ4v) is 1.68. The van der Waals surface area contributed by atoms with Crippen LogP contribution in [0.2, 0.25) is 0 Å². The van der Waals surface area contributed by atoms with Gasteiger partial charge in [-0.3, -0.25) is 14.6 Å². The molecular weight excluding hydrogens is 258 g/mol. The number of aliphatic carboxylic acids is 1. The smallest absolute Gasteiger partial charge is 0.303 e. The highest BCUT2D eigenvalue weighted by Gasteiger charge is 2.22. The lowest BCUT2D eigenvalue weighted by atomic mass is 9.98.